The molecule has 0 saturated heterocycles. The molecule has 0 aliphatic heterocycles. The van der Waals surface area contributed by atoms with Crippen molar-refractivity contribution in [1.82, 2.24) is 0 Å². The average molecular weight is 336 g/mol. The largest absolute Gasteiger partial charge is 0.497 e. The first kappa shape index (κ1) is 14.7. The maximum atomic E-state index is 5.85. The minimum atomic E-state index is 0.495. The van der Waals surface area contributed by atoms with Gasteiger partial charge in [0.2, 0.25) is 0 Å². The molecule has 0 saturated carbocycles. The zero-order chi connectivity index (χ0) is 14.5. The second kappa shape index (κ2) is 6.66. The molecule has 2 aromatic carbocycles. The van der Waals surface area contributed by atoms with E-state index in [1.54, 1.807) is 7.11 Å². The Labute approximate surface area is 128 Å². The van der Waals surface area contributed by atoms with Crippen molar-refractivity contribution in [2.75, 3.05) is 26.1 Å². The van der Waals surface area contributed by atoms with Gasteiger partial charge < -0.3 is 14.4 Å². The molecule has 2 rings (SSSR count). The van der Waals surface area contributed by atoms with Gasteiger partial charge in [-0.25, -0.2) is 0 Å². The Morgan fingerprint density at radius 2 is 1.85 bits per heavy atom. The van der Waals surface area contributed by atoms with Gasteiger partial charge in [0.05, 0.1) is 7.11 Å². The van der Waals surface area contributed by atoms with Crippen LogP contribution in [0.25, 0.3) is 0 Å². The number of hydrogen-bond acceptors (Lipinski definition) is 3. The fraction of sp³-hybridized carbons (Fsp3) is 0.250. The summed E-state index contributed by atoms with van der Waals surface area (Å²) >= 11 is 3.53. The van der Waals surface area contributed by atoms with E-state index in [9.17, 15) is 0 Å². The molecule has 0 spiro atoms. The summed E-state index contributed by atoms with van der Waals surface area (Å²) in [4.78, 5) is 2.05. The molecule has 0 bridgehead atoms. The molecule has 0 atom stereocenters. The van der Waals surface area contributed by atoms with E-state index in [0.717, 1.165) is 27.2 Å². The Morgan fingerprint density at radius 1 is 1.05 bits per heavy atom. The lowest BCUT2D eigenvalue weighted by Crippen LogP contribution is -2.08. The summed E-state index contributed by atoms with van der Waals surface area (Å²) in [6.07, 6.45) is 0. The van der Waals surface area contributed by atoms with Crippen molar-refractivity contribution in [2.24, 2.45) is 0 Å². The van der Waals surface area contributed by atoms with Crippen molar-refractivity contribution < 1.29 is 9.47 Å². The average Bonchev–Trinajstić information content (AvgIpc) is 2.46. The maximum absolute atomic E-state index is 5.85. The first-order valence-electron chi connectivity index (χ1n) is 6.33. The SMILES string of the molecule is COc1ccc(Br)c(COc2cccc(N(C)C)c2)c1. The van der Waals surface area contributed by atoms with Crippen LogP contribution in [0.15, 0.2) is 46.9 Å². The zero-order valence-corrected chi connectivity index (χ0v) is 13.5. The number of benzene rings is 2. The van der Waals surface area contributed by atoms with E-state index in [1.807, 2.05) is 61.5 Å². The third-order valence-corrected chi connectivity index (χ3v) is 3.75. The molecular weight excluding hydrogens is 318 g/mol. The number of ether oxygens (including phenoxy) is 2. The molecule has 3 nitrogen and oxygen atoms in total. The molecule has 0 heterocycles. The zero-order valence-electron chi connectivity index (χ0n) is 11.9. The van der Waals surface area contributed by atoms with Gasteiger partial charge in [0.25, 0.3) is 0 Å². The van der Waals surface area contributed by atoms with Gasteiger partial charge in [-0.15, -0.1) is 0 Å². The summed E-state index contributed by atoms with van der Waals surface area (Å²) < 4.78 is 12.1. The van der Waals surface area contributed by atoms with Crippen LogP contribution in [0.4, 0.5) is 5.69 Å². The third kappa shape index (κ3) is 3.67. The highest BCUT2D eigenvalue weighted by Crippen LogP contribution is 2.25. The van der Waals surface area contributed by atoms with Gasteiger partial charge in [0.1, 0.15) is 18.1 Å². The molecule has 0 unspecified atom stereocenters. The van der Waals surface area contributed by atoms with Gasteiger partial charge in [-0.2, -0.15) is 0 Å². The summed E-state index contributed by atoms with van der Waals surface area (Å²) in [5.41, 5.74) is 2.17. The topological polar surface area (TPSA) is 21.7 Å². The van der Waals surface area contributed by atoms with Crippen molar-refractivity contribution in [3.63, 3.8) is 0 Å². The fourth-order valence-corrected chi connectivity index (χ4v) is 2.16. The number of methoxy groups -OCH3 is 1. The number of rotatable bonds is 5. The van der Waals surface area contributed by atoms with Gasteiger partial charge in [0, 0.05) is 35.9 Å². The smallest absolute Gasteiger partial charge is 0.121 e. The maximum Gasteiger partial charge on any atom is 0.121 e. The number of nitrogens with zero attached hydrogens (tertiary/aromatic N) is 1. The van der Waals surface area contributed by atoms with Crippen molar-refractivity contribution in [1.29, 1.82) is 0 Å². The number of anilines is 1. The first-order valence-corrected chi connectivity index (χ1v) is 7.12. The van der Waals surface area contributed by atoms with Gasteiger partial charge in [-0.1, -0.05) is 22.0 Å². The second-order valence-electron chi connectivity index (χ2n) is 4.64. The van der Waals surface area contributed by atoms with Crippen molar-refractivity contribution >= 4 is 21.6 Å². The highest BCUT2D eigenvalue weighted by atomic mass is 79.9. The normalized spacial score (nSPS) is 10.2. The fourth-order valence-electron chi connectivity index (χ4n) is 1.80. The van der Waals surface area contributed by atoms with Crippen LogP contribution in [-0.2, 0) is 6.61 Å². The monoisotopic (exact) mass is 335 g/mol. The van der Waals surface area contributed by atoms with E-state index >= 15 is 0 Å². The third-order valence-electron chi connectivity index (χ3n) is 2.98. The minimum Gasteiger partial charge on any atom is -0.497 e. The Balaban J connectivity index is 2.10. The van der Waals surface area contributed by atoms with Crippen LogP contribution in [0.1, 0.15) is 5.56 Å². The molecule has 2 aromatic rings. The van der Waals surface area contributed by atoms with E-state index < -0.39 is 0 Å². The van der Waals surface area contributed by atoms with E-state index in [4.69, 9.17) is 9.47 Å². The minimum absolute atomic E-state index is 0.495. The molecule has 0 aliphatic carbocycles. The molecule has 4 heteroatoms. The van der Waals surface area contributed by atoms with Gasteiger partial charge in [-0.3, -0.25) is 0 Å². The molecule has 0 radical (unpaired) electrons. The Kier molecular flexibility index (Phi) is 4.90. The quantitative estimate of drug-likeness (QED) is 0.820. The summed E-state index contributed by atoms with van der Waals surface area (Å²) in [5, 5.41) is 0. The van der Waals surface area contributed by atoms with Crippen LogP contribution in [0.2, 0.25) is 0 Å². The van der Waals surface area contributed by atoms with Crippen LogP contribution >= 0.6 is 15.9 Å². The van der Waals surface area contributed by atoms with Crippen molar-refractivity contribution in [3.05, 3.63) is 52.5 Å². The highest BCUT2D eigenvalue weighted by Gasteiger charge is 2.04. The Hall–Kier alpha value is -1.68. The standard InChI is InChI=1S/C16H18BrNO2/c1-18(2)13-5-4-6-15(10-13)20-11-12-9-14(19-3)7-8-16(12)17/h4-10H,11H2,1-3H3. The summed E-state index contributed by atoms with van der Waals surface area (Å²) in [6.45, 7) is 0.495. The van der Waals surface area contributed by atoms with Crippen LogP contribution < -0.4 is 14.4 Å². The predicted octanol–water partition coefficient (Wildman–Crippen LogP) is 4.10. The van der Waals surface area contributed by atoms with E-state index in [-0.39, 0.29) is 0 Å². The van der Waals surface area contributed by atoms with Gasteiger partial charge in [0.15, 0.2) is 0 Å². The lowest BCUT2D eigenvalue weighted by atomic mass is 10.2. The molecule has 20 heavy (non-hydrogen) atoms. The molecular formula is C16H18BrNO2. The summed E-state index contributed by atoms with van der Waals surface area (Å²) in [7, 11) is 5.68. The van der Waals surface area contributed by atoms with Crippen LogP contribution in [0, 0.1) is 0 Å². The van der Waals surface area contributed by atoms with Crippen LogP contribution in [-0.4, -0.2) is 21.2 Å². The molecule has 0 amide bonds. The Bertz CT molecular complexity index is 584. The molecule has 0 aromatic heterocycles. The molecule has 0 aliphatic rings. The summed E-state index contributed by atoms with van der Waals surface area (Å²) in [5.74, 6) is 1.68. The number of halogens is 1. The van der Waals surface area contributed by atoms with Crippen molar-refractivity contribution in [2.45, 2.75) is 6.61 Å². The van der Waals surface area contributed by atoms with E-state index in [2.05, 4.69) is 15.9 Å². The molecule has 106 valence electrons. The predicted molar refractivity (Wildman–Crippen MR) is 85.8 cm³/mol. The molecule has 0 fully saturated rings. The van der Waals surface area contributed by atoms with E-state index in [0.29, 0.717) is 6.61 Å². The molecule has 0 N–H and O–H groups in total. The number of hydrogen-bond donors (Lipinski definition) is 0. The van der Waals surface area contributed by atoms with E-state index in [1.165, 1.54) is 0 Å². The second-order valence-corrected chi connectivity index (χ2v) is 5.49. The Morgan fingerprint density at radius 3 is 2.55 bits per heavy atom. The summed E-state index contributed by atoms with van der Waals surface area (Å²) in [6, 6.07) is 13.9. The lowest BCUT2D eigenvalue weighted by molar-refractivity contribution is 0.304. The highest BCUT2D eigenvalue weighted by molar-refractivity contribution is 9.10. The first-order chi connectivity index (χ1) is 9.60. The van der Waals surface area contributed by atoms with Crippen molar-refractivity contribution in [3.8, 4) is 11.5 Å². The van der Waals surface area contributed by atoms with Gasteiger partial charge >= 0.3 is 0 Å². The van der Waals surface area contributed by atoms with Crippen LogP contribution in [0.5, 0.6) is 11.5 Å². The van der Waals surface area contributed by atoms with Crippen LogP contribution in [0.3, 0.4) is 0 Å². The lowest BCUT2D eigenvalue weighted by Gasteiger charge is -2.14. The van der Waals surface area contributed by atoms with Gasteiger partial charge in [-0.05, 0) is 30.3 Å².